The van der Waals surface area contributed by atoms with Crippen LogP contribution in [0.15, 0.2) is 61.2 Å². The van der Waals surface area contributed by atoms with Crippen molar-refractivity contribution in [3.63, 3.8) is 0 Å². The van der Waals surface area contributed by atoms with Gasteiger partial charge in [0, 0.05) is 20.0 Å². The Balaban J connectivity index is 0.000000929. The van der Waals surface area contributed by atoms with E-state index in [0.29, 0.717) is 12.1 Å². The fraction of sp³-hybridized carbons (Fsp3) is 0.633. The first-order valence-corrected chi connectivity index (χ1v) is 41.0. The summed E-state index contributed by atoms with van der Waals surface area (Å²) in [5, 5.41) is 0. The number of hydrogen-bond donors (Lipinski definition) is 0. The van der Waals surface area contributed by atoms with E-state index in [0.717, 1.165) is 26.2 Å². The van der Waals surface area contributed by atoms with Crippen LogP contribution in [-0.4, -0.2) is 63.1 Å². The van der Waals surface area contributed by atoms with Crippen molar-refractivity contribution in [3.05, 3.63) is 76.5 Å². The van der Waals surface area contributed by atoms with Crippen molar-refractivity contribution in [1.82, 2.24) is 19.1 Å². The first kappa shape index (κ1) is 59.4. The van der Waals surface area contributed by atoms with E-state index < -0.39 is 35.6 Å². The molecule has 0 saturated heterocycles. The molecule has 0 aliphatic heterocycles. The zero-order valence-corrected chi connectivity index (χ0v) is 47.2. The van der Waals surface area contributed by atoms with Crippen LogP contribution in [0.2, 0.25) is 26.6 Å². The van der Waals surface area contributed by atoms with Crippen LogP contribution < -0.4 is 3.71 Å². The fourth-order valence-corrected chi connectivity index (χ4v) is 39.6. The molecule has 0 bridgehead atoms. The maximum Gasteiger partial charge on any atom is 0 e. The van der Waals surface area contributed by atoms with E-state index in [1.165, 1.54) is 116 Å². The van der Waals surface area contributed by atoms with Gasteiger partial charge in [0.15, 0.2) is 0 Å². The molecule has 0 aliphatic carbocycles. The number of benzene rings is 2. The molecule has 2 heterocycles. The summed E-state index contributed by atoms with van der Waals surface area (Å²) in [5.41, 5.74) is 4.09. The van der Waals surface area contributed by atoms with Crippen molar-refractivity contribution in [1.29, 1.82) is 0 Å². The molecule has 3 radical (unpaired) electrons. The van der Waals surface area contributed by atoms with Gasteiger partial charge in [-0.15, -0.1) is 0 Å². The number of rotatable bonds is 23. The molecule has 11 heteroatoms. The Morgan fingerprint density at radius 3 is 1.20 bits per heavy atom. The largest absolute Gasteiger partial charge is 0 e. The summed E-state index contributed by atoms with van der Waals surface area (Å²) >= 11 is -2.50. The standard InChI is InChI=1S/C12H12FIN2.C12H12FN2.6C4H9.CH4.B.ClH.2Sn/c1-8(2)16-7-15-11(12(16)14)9-3-5-10(13)6-4-9;1-9(2)15-7-12(14-8-15)10-3-5-11(13)6-4-10;6*1-3-4-2;;;;;/h3-8H,1-2H3;3-6,8-9H,1-2H3;6*1,3-4H2,2H3;1H4;;1H;;/q;;;;;;;;;;;;+1/p-1. The van der Waals surface area contributed by atoms with Crippen LogP contribution in [0, 0.1) is 15.3 Å². The van der Waals surface area contributed by atoms with Gasteiger partial charge in [-0.05, 0) is 60.7 Å². The van der Waals surface area contributed by atoms with Crippen molar-refractivity contribution in [2.45, 2.75) is 192 Å². The Morgan fingerprint density at radius 2 is 0.867 bits per heavy atom. The van der Waals surface area contributed by atoms with E-state index in [1.807, 2.05) is 18.5 Å². The predicted molar refractivity (Wildman–Crippen MR) is 276 cm³/mol. The Morgan fingerprint density at radius 1 is 0.550 bits per heavy atom. The first-order valence-electron chi connectivity index (χ1n) is 22.8. The summed E-state index contributed by atoms with van der Waals surface area (Å²) in [5.74, 6) is -0.395. The van der Waals surface area contributed by atoms with Crippen molar-refractivity contribution in [2.75, 3.05) is 0 Å². The van der Waals surface area contributed by atoms with Crippen LogP contribution in [0.25, 0.3) is 22.5 Å². The minimum atomic E-state index is -2.68. The van der Waals surface area contributed by atoms with Crippen LogP contribution in [0.1, 0.15) is 166 Å². The Hall–Kier alpha value is -0.598. The number of imidazole rings is 2. The van der Waals surface area contributed by atoms with Crippen molar-refractivity contribution in [2.24, 2.45) is 0 Å². The van der Waals surface area contributed by atoms with Gasteiger partial charge < -0.3 is 4.57 Å². The first-order chi connectivity index (χ1) is 27.8. The van der Waals surface area contributed by atoms with E-state index in [9.17, 15) is 8.78 Å². The molecule has 4 nitrogen and oxygen atoms in total. The second kappa shape index (κ2) is 32.1. The molecule has 4 rings (SSSR count). The van der Waals surface area contributed by atoms with Gasteiger partial charge in [-0.25, -0.2) is 9.37 Å². The Labute approximate surface area is 394 Å². The summed E-state index contributed by atoms with van der Waals surface area (Å²) in [6, 6.07) is 14.2. The quantitative estimate of drug-likeness (QED) is 0.0548. The van der Waals surface area contributed by atoms with Gasteiger partial charge in [0.2, 0.25) is 0 Å². The van der Waals surface area contributed by atoms with E-state index >= 15 is 0 Å². The molecule has 0 unspecified atom stereocenters. The number of hydrogen-bond acceptors (Lipinski definition) is 2. The van der Waals surface area contributed by atoms with Crippen LogP contribution in [0.3, 0.4) is 0 Å². The molecule has 0 N–H and O–H groups in total. The van der Waals surface area contributed by atoms with Crippen LogP contribution in [0.5, 0.6) is 0 Å². The third kappa shape index (κ3) is 19.2. The van der Waals surface area contributed by atoms with E-state index in [1.54, 1.807) is 28.0 Å². The number of unbranched alkanes of at least 4 members (excludes halogenated alkanes) is 6. The SMILES string of the molecule is C.CC(C)n1cnc(-c2ccc(F)cc2)c1I.CCC[CH2][Sn]([CH2]CCC)([CH2]CCC)[c]1c(-c2ccc(F)cc2)ncn1C(C)C.CCC[CH2][Sn]([Cl])([CH2]CCC)[CH2]CCC.[B]. The normalized spacial score (nSPS) is 11.4. The fourth-order valence-electron chi connectivity index (χ4n) is 7.74. The van der Waals surface area contributed by atoms with Gasteiger partial charge >= 0.3 is 275 Å². The second-order valence-electron chi connectivity index (χ2n) is 16.9. The van der Waals surface area contributed by atoms with Crippen molar-refractivity contribution in [3.8, 4) is 22.5 Å². The molecule has 0 atom stereocenters. The summed E-state index contributed by atoms with van der Waals surface area (Å²) in [7, 11) is 6.89. The molecule has 4 aromatic rings. The molecular weight excluding hydrogens is 1090 g/mol. The van der Waals surface area contributed by atoms with Crippen LogP contribution >= 0.6 is 31.5 Å². The van der Waals surface area contributed by atoms with E-state index in [2.05, 4.69) is 112 Å². The Kier molecular flexibility index (Phi) is 31.8. The minimum Gasteiger partial charge on any atom is 0 e. The predicted octanol–water partition coefficient (Wildman–Crippen LogP) is 17.0. The van der Waals surface area contributed by atoms with E-state index in [4.69, 9.17) is 13.9 Å². The maximum atomic E-state index is 13.6. The van der Waals surface area contributed by atoms with E-state index in [-0.39, 0.29) is 27.5 Å². The topological polar surface area (TPSA) is 35.6 Å². The van der Waals surface area contributed by atoms with Gasteiger partial charge in [-0.3, -0.25) is 0 Å². The average Bonchev–Trinajstić information content (AvgIpc) is 3.85. The third-order valence-corrected chi connectivity index (χ3v) is 42.4. The molecule has 0 aliphatic rings. The van der Waals surface area contributed by atoms with Gasteiger partial charge in [-0.2, -0.15) is 0 Å². The van der Waals surface area contributed by atoms with Crippen LogP contribution in [0.4, 0.5) is 8.78 Å². The van der Waals surface area contributed by atoms with Crippen molar-refractivity contribution >= 4 is 79.3 Å². The zero-order chi connectivity index (χ0) is 43.1. The van der Waals surface area contributed by atoms with Gasteiger partial charge in [0.25, 0.3) is 0 Å². The molecule has 2 aromatic carbocycles. The maximum absolute atomic E-state index is 13.6. The number of nitrogens with zero attached hydrogens (tertiary/aromatic N) is 4. The summed E-state index contributed by atoms with van der Waals surface area (Å²) in [6.07, 6.45) is 19.8. The summed E-state index contributed by atoms with van der Waals surface area (Å²) < 4.78 is 42.1. The second-order valence-corrected chi connectivity index (χ2v) is 47.1. The minimum absolute atomic E-state index is 0. The number of halogens is 4. The molecule has 337 valence electrons. The van der Waals surface area contributed by atoms with Gasteiger partial charge in [0.1, 0.15) is 15.2 Å². The Bertz CT molecular complexity index is 1640. The summed E-state index contributed by atoms with van der Waals surface area (Å²) in [6.45, 7) is 22.6. The molecule has 0 fully saturated rings. The number of aromatic nitrogens is 4. The molecule has 0 spiro atoms. The smallest absolute Gasteiger partial charge is 0 e. The molecular formula is C49H82BClF2IN4Sn2. The monoisotopic (exact) mass is 1180 g/mol. The average molecular weight is 1180 g/mol. The van der Waals surface area contributed by atoms with Crippen molar-refractivity contribution < 1.29 is 8.78 Å². The van der Waals surface area contributed by atoms with Gasteiger partial charge in [0.05, 0.1) is 6.33 Å². The third-order valence-electron chi connectivity index (χ3n) is 11.3. The van der Waals surface area contributed by atoms with Crippen LogP contribution in [-0.2, 0) is 0 Å². The molecule has 60 heavy (non-hydrogen) atoms. The summed E-state index contributed by atoms with van der Waals surface area (Å²) in [4.78, 5) is 9.29. The molecule has 2 aromatic heterocycles. The molecule has 0 amide bonds. The molecule has 0 saturated carbocycles. The van der Waals surface area contributed by atoms with Gasteiger partial charge in [-0.1, -0.05) is 7.43 Å². The zero-order valence-electron chi connectivity index (χ0n) is 38.5.